The topological polar surface area (TPSA) is 106 Å². The van der Waals surface area contributed by atoms with E-state index in [0.717, 1.165) is 6.07 Å². The highest BCUT2D eigenvalue weighted by molar-refractivity contribution is 6.45. The van der Waals surface area contributed by atoms with Gasteiger partial charge in [-0.25, -0.2) is 4.39 Å². The molecule has 188 valence electrons. The fourth-order valence-electron chi connectivity index (χ4n) is 4.20. The summed E-state index contributed by atoms with van der Waals surface area (Å²) in [5.41, 5.74) is 0.777. The molecule has 2 heterocycles. The number of carbonyl (C=O) groups is 4. The first-order chi connectivity index (χ1) is 17.3. The number of likely N-dealkylation sites (N-methyl/N-ethyl adjacent to an activating group) is 1. The summed E-state index contributed by atoms with van der Waals surface area (Å²) < 4.78 is 14.8. The number of amides is 3. The van der Waals surface area contributed by atoms with E-state index in [1.165, 1.54) is 17.2 Å². The van der Waals surface area contributed by atoms with Crippen molar-refractivity contribution in [2.24, 2.45) is 0 Å². The second kappa shape index (κ2) is 10.7. The minimum absolute atomic E-state index is 0.0912. The minimum atomic E-state index is -0.867. The fraction of sp³-hybridized carbons (Fsp3) is 0.308. The Morgan fingerprint density at radius 3 is 2.28 bits per heavy atom. The van der Waals surface area contributed by atoms with Gasteiger partial charge in [0.25, 0.3) is 23.5 Å². The van der Waals surface area contributed by atoms with Gasteiger partial charge < -0.3 is 25.0 Å². The van der Waals surface area contributed by atoms with Crippen LogP contribution in [0.1, 0.15) is 31.1 Å². The molecule has 3 aromatic rings. The second-order valence-corrected chi connectivity index (χ2v) is 8.89. The van der Waals surface area contributed by atoms with Gasteiger partial charge in [-0.15, -0.1) is 0 Å². The van der Waals surface area contributed by atoms with Crippen LogP contribution in [0, 0.1) is 5.82 Å². The first kappa shape index (κ1) is 25.1. The van der Waals surface area contributed by atoms with Crippen LogP contribution >= 0.6 is 0 Å². The van der Waals surface area contributed by atoms with Crippen LogP contribution in [0.2, 0.25) is 0 Å². The summed E-state index contributed by atoms with van der Waals surface area (Å²) >= 11 is 0. The number of nitrogens with one attached hydrogen (secondary N) is 2. The lowest BCUT2D eigenvalue weighted by Crippen LogP contribution is -2.52. The molecule has 0 bridgehead atoms. The minimum Gasteiger partial charge on any atom is -0.360 e. The molecule has 1 saturated heterocycles. The summed E-state index contributed by atoms with van der Waals surface area (Å²) in [5.74, 6) is -2.89. The molecule has 0 unspecified atom stereocenters. The highest BCUT2D eigenvalue weighted by atomic mass is 19.1. The van der Waals surface area contributed by atoms with Crippen LogP contribution < -0.4 is 5.32 Å². The maximum Gasteiger partial charge on any atom is 0.295 e. The number of aromatic amines is 1. The molecule has 1 aromatic heterocycles. The van der Waals surface area contributed by atoms with Crippen molar-refractivity contribution in [1.29, 1.82) is 0 Å². The smallest absolute Gasteiger partial charge is 0.295 e. The molecule has 2 aromatic carbocycles. The highest BCUT2D eigenvalue weighted by Crippen LogP contribution is 2.26. The lowest BCUT2D eigenvalue weighted by atomic mass is 10.0. The zero-order valence-electron chi connectivity index (χ0n) is 20.2. The van der Waals surface area contributed by atoms with Gasteiger partial charge in [-0.05, 0) is 38.4 Å². The molecule has 0 aliphatic carbocycles. The van der Waals surface area contributed by atoms with E-state index in [1.54, 1.807) is 29.2 Å². The number of rotatable bonds is 7. The zero-order valence-corrected chi connectivity index (χ0v) is 20.2. The predicted octanol–water partition coefficient (Wildman–Crippen LogP) is 1.77. The lowest BCUT2D eigenvalue weighted by Gasteiger charge is -2.34. The van der Waals surface area contributed by atoms with Crippen LogP contribution in [-0.2, 0) is 4.79 Å². The standard InChI is InChI=1S/C26H28FN5O4/c1-30(2)11-10-28-24(34)18-8-9-20(27)21-19(16-29-22(18)21)23(33)26(36)32-14-12-31(13-15-32)25(35)17-6-4-3-5-7-17/h3-9,16,29H,10-15H2,1-2H3,(H,28,34). The molecule has 4 rings (SSSR count). The number of halogens is 1. The van der Waals surface area contributed by atoms with Crippen molar-refractivity contribution >= 4 is 34.4 Å². The number of nitrogens with zero attached hydrogens (tertiary/aromatic N) is 3. The van der Waals surface area contributed by atoms with Gasteiger partial charge in [-0.3, -0.25) is 19.2 Å². The molecule has 0 atom stereocenters. The number of ketones is 1. The molecule has 0 spiro atoms. The average molecular weight is 494 g/mol. The number of Topliss-reactive ketones (excluding diaryl/α,β-unsaturated/α-hetero) is 1. The first-order valence-electron chi connectivity index (χ1n) is 11.7. The number of fused-ring (bicyclic) bond motifs is 1. The van der Waals surface area contributed by atoms with E-state index in [4.69, 9.17) is 0 Å². The molecule has 0 radical (unpaired) electrons. The summed E-state index contributed by atoms with van der Waals surface area (Å²) in [6, 6.07) is 11.3. The SMILES string of the molecule is CN(C)CCNC(=O)c1ccc(F)c2c(C(=O)C(=O)N3CCN(C(=O)c4ccccc4)CC3)c[nH]c12. The molecular weight excluding hydrogens is 465 g/mol. The van der Waals surface area contributed by atoms with Gasteiger partial charge in [0.05, 0.1) is 16.6 Å². The average Bonchev–Trinajstić information content (AvgIpc) is 3.34. The Bertz CT molecular complexity index is 1300. The van der Waals surface area contributed by atoms with Gasteiger partial charge in [0.1, 0.15) is 5.82 Å². The van der Waals surface area contributed by atoms with E-state index < -0.39 is 23.4 Å². The van der Waals surface area contributed by atoms with Gasteiger partial charge in [-0.1, -0.05) is 18.2 Å². The third-order valence-corrected chi connectivity index (χ3v) is 6.19. The van der Waals surface area contributed by atoms with Crippen molar-refractivity contribution in [1.82, 2.24) is 25.0 Å². The van der Waals surface area contributed by atoms with E-state index in [2.05, 4.69) is 10.3 Å². The number of hydrogen-bond donors (Lipinski definition) is 2. The van der Waals surface area contributed by atoms with E-state index in [1.807, 2.05) is 25.1 Å². The molecule has 10 heteroatoms. The van der Waals surface area contributed by atoms with Crippen LogP contribution in [-0.4, -0.2) is 96.6 Å². The Kier molecular flexibility index (Phi) is 7.44. The van der Waals surface area contributed by atoms with Crippen LogP contribution in [0.4, 0.5) is 4.39 Å². The Morgan fingerprint density at radius 2 is 1.61 bits per heavy atom. The van der Waals surface area contributed by atoms with E-state index in [0.29, 0.717) is 18.7 Å². The third kappa shape index (κ3) is 5.13. The Morgan fingerprint density at radius 1 is 0.944 bits per heavy atom. The van der Waals surface area contributed by atoms with Gasteiger partial charge in [-0.2, -0.15) is 0 Å². The molecule has 9 nitrogen and oxygen atoms in total. The van der Waals surface area contributed by atoms with Crippen LogP contribution in [0.5, 0.6) is 0 Å². The highest BCUT2D eigenvalue weighted by Gasteiger charge is 2.31. The normalized spacial score (nSPS) is 13.8. The zero-order chi connectivity index (χ0) is 25.8. The van der Waals surface area contributed by atoms with E-state index in [-0.39, 0.29) is 54.1 Å². The van der Waals surface area contributed by atoms with Crippen molar-refractivity contribution in [3.05, 3.63) is 71.2 Å². The molecule has 36 heavy (non-hydrogen) atoms. The number of H-pyrrole nitrogens is 1. The van der Waals surface area contributed by atoms with Crippen molar-refractivity contribution in [2.45, 2.75) is 0 Å². The molecule has 2 N–H and O–H groups in total. The Balaban J connectivity index is 1.47. The van der Waals surface area contributed by atoms with E-state index in [9.17, 15) is 23.6 Å². The van der Waals surface area contributed by atoms with Crippen LogP contribution in [0.25, 0.3) is 10.9 Å². The molecule has 1 fully saturated rings. The third-order valence-electron chi connectivity index (χ3n) is 6.19. The number of carbonyl (C=O) groups excluding carboxylic acids is 4. The predicted molar refractivity (Wildman–Crippen MR) is 132 cm³/mol. The number of hydrogen-bond acceptors (Lipinski definition) is 5. The maximum absolute atomic E-state index is 14.8. The lowest BCUT2D eigenvalue weighted by molar-refractivity contribution is -0.127. The largest absolute Gasteiger partial charge is 0.360 e. The van der Waals surface area contributed by atoms with E-state index >= 15 is 0 Å². The number of benzene rings is 2. The second-order valence-electron chi connectivity index (χ2n) is 8.89. The van der Waals surface area contributed by atoms with Crippen molar-refractivity contribution < 1.29 is 23.6 Å². The van der Waals surface area contributed by atoms with Gasteiger partial charge in [0.2, 0.25) is 0 Å². The molecular formula is C26H28FN5O4. The summed E-state index contributed by atoms with van der Waals surface area (Å²) in [5, 5.41) is 2.67. The van der Waals surface area contributed by atoms with Crippen LogP contribution in [0.3, 0.4) is 0 Å². The monoisotopic (exact) mass is 493 g/mol. The van der Waals surface area contributed by atoms with Crippen molar-refractivity contribution in [2.75, 3.05) is 53.4 Å². The maximum atomic E-state index is 14.8. The molecule has 0 saturated carbocycles. The van der Waals surface area contributed by atoms with Crippen LogP contribution in [0.15, 0.2) is 48.7 Å². The van der Waals surface area contributed by atoms with Crippen molar-refractivity contribution in [3.63, 3.8) is 0 Å². The Hall–Kier alpha value is -4.05. The molecule has 3 amide bonds. The summed E-state index contributed by atoms with van der Waals surface area (Å²) in [6.45, 7) is 1.97. The summed E-state index contributed by atoms with van der Waals surface area (Å²) in [4.78, 5) is 59.0. The molecule has 1 aliphatic rings. The van der Waals surface area contributed by atoms with Gasteiger partial charge >= 0.3 is 0 Å². The summed E-state index contributed by atoms with van der Waals surface area (Å²) in [6.07, 6.45) is 1.26. The number of aromatic nitrogens is 1. The quantitative estimate of drug-likeness (QED) is 0.386. The molecule has 1 aliphatic heterocycles. The van der Waals surface area contributed by atoms with Gasteiger partial charge in [0, 0.05) is 56.4 Å². The first-order valence-corrected chi connectivity index (χ1v) is 11.7. The fourth-order valence-corrected chi connectivity index (χ4v) is 4.20. The Labute approximate surface area is 207 Å². The number of piperazine rings is 1. The summed E-state index contributed by atoms with van der Waals surface area (Å²) in [7, 11) is 3.76. The van der Waals surface area contributed by atoms with Crippen molar-refractivity contribution in [3.8, 4) is 0 Å². The van der Waals surface area contributed by atoms with Gasteiger partial charge in [0.15, 0.2) is 0 Å².